The van der Waals surface area contributed by atoms with Crippen molar-refractivity contribution in [2.45, 2.75) is 37.8 Å². The van der Waals surface area contributed by atoms with E-state index >= 15 is 0 Å². The Hall–Kier alpha value is -0.650. The van der Waals surface area contributed by atoms with E-state index in [2.05, 4.69) is 0 Å². The van der Waals surface area contributed by atoms with E-state index in [9.17, 15) is 29.4 Å². The van der Waals surface area contributed by atoms with E-state index in [1.807, 2.05) is 0 Å². The van der Waals surface area contributed by atoms with Crippen molar-refractivity contribution in [2.75, 3.05) is 0 Å². The van der Waals surface area contributed by atoms with Crippen molar-refractivity contribution in [1.82, 2.24) is 0 Å². The number of rotatable bonds is 8. The van der Waals surface area contributed by atoms with Gasteiger partial charge in [0.2, 0.25) is 0 Å². The standard InChI is InChI=1S/2C5H9NO4.Ca.ClH/c2*6-3(5(9)10)1-2-4(7)8;;/h2*3H,1-2,6H2,(H,7,8)(H,9,10);;1H/q;;+2;/p-2/t2*3-;;/m00../s1. The maximum absolute atomic E-state index is 9.88. The van der Waals surface area contributed by atoms with E-state index in [0.29, 0.717) is 0 Å². The average Bonchev–Trinajstić information content (AvgIpc) is 2.33. The summed E-state index contributed by atoms with van der Waals surface area (Å²) in [5, 5.41) is 35.9. The molecule has 2 atom stereocenters. The molecule has 0 saturated heterocycles. The van der Waals surface area contributed by atoms with Crippen LogP contribution < -0.4 is 21.7 Å². The van der Waals surface area contributed by atoms with Gasteiger partial charge in [0.1, 0.15) is 0 Å². The molecule has 10 nitrogen and oxygen atoms in total. The Morgan fingerprint density at radius 1 is 0.818 bits per heavy atom. The van der Waals surface area contributed by atoms with Crippen LogP contribution in [0, 0.1) is 0 Å². The van der Waals surface area contributed by atoms with Crippen molar-refractivity contribution >= 4 is 74.0 Å². The van der Waals surface area contributed by atoms with Crippen molar-refractivity contribution in [3.63, 3.8) is 0 Å². The summed E-state index contributed by atoms with van der Waals surface area (Å²) in [5.41, 5.74) is 9.88. The number of hydrogen-bond acceptors (Lipinski definition) is 8. The predicted octanol–water partition coefficient (Wildman–Crippen LogP) is -4.10. The monoisotopic (exact) mass is 368 g/mol. The second-order valence-electron chi connectivity index (χ2n) is 3.72. The summed E-state index contributed by atoms with van der Waals surface area (Å²) in [4.78, 5) is 39.5. The average molecular weight is 369 g/mol. The molecular weight excluding hydrogens is 352 g/mol. The Bertz CT molecular complexity index is 335. The maximum Gasteiger partial charge on any atom is 2.00 e. The first-order valence-corrected chi connectivity index (χ1v) is 5.44. The number of carboxylic acid groups (broad SMARTS) is 4. The number of nitrogens with two attached hydrogens (primary N) is 2. The number of aliphatic carboxylic acids is 4. The normalized spacial score (nSPS) is 11.4. The van der Waals surface area contributed by atoms with E-state index in [1.165, 1.54) is 0 Å². The van der Waals surface area contributed by atoms with Gasteiger partial charge in [-0.1, -0.05) is 0 Å². The van der Waals surface area contributed by atoms with Crippen LogP contribution in [0.5, 0.6) is 0 Å². The summed E-state index contributed by atoms with van der Waals surface area (Å²) in [5.74, 6) is -4.95. The first-order chi connectivity index (χ1) is 9.07. The van der Waals surface area contributed by atoms with Crippen LogP contribution >= 0.6 is 12.4 Å². The topological polar surface area (TPSA) is 207 Å². The van der Waals surface area contributed by atoms with Crippen LogP contribution in [0.3, 0.4) is 0 Å². The number of carboxylic acids is 4. The zero-order chi connectivity index (χ0) is 16.3. The molecule has 0 aromatic rings. The minimum absolute atomic E-state index is 0. The van der Waals surface area contributed by atoms with Crippen LogP contribution in [-0.2, 0) is 19.2 Å². The van der Waals surface area contributed by atoms with Crippen LogP contribution in [0.1, 0.15) is 25.7 Å². The molecular formula is C10H17CaClN2O8. The Morgan fingerprint density at radius 2 is 1.05 bits per heavy atom. The molecule has 0 aromatic heterocycles. The molecule has 0 aliphatic heterocycles. The molecule has 0 heterocycles. The summed E-state index contributed by atoms with van der Waals surface area (Å²) in [6.07, 6.45) is -0.653. The SMILES string of the molecule is Cl.N[C@@H](CCC(=O)O)C(=O)[O-].N[C@@H](CCC(=O)O)C(=O)[O-].[Ca+2]. The molecule has 12 heteroatoms. The summed E-state index contributed by atoms with van der Waals surface area (Å²) < 4.78 is 0. The largest absolute Gasteiger partial charge is 2.00 e. The molecule has 22 heavy (non-hydrogen) atoms. The fourth-order valence-corrected chi connectivity index (χ4v) is 0.794. The van der Waals surface area contributed by atoms with Crippen molar-refractivity contribution in [3.05, 3.63) is 0 Å². The summed E-state index contributed by atoms with van der Waals surface area (Å²) in [7, 11) is 0. The molecule has 0 aliphatic rings. The van der Waals surface area contributed by atoms with Gasteiger partial charge in [-0.25, -0.2) is 0 Å². The summed E-state index contributed by atoms with van der Waals surface area (Å²) >= 11 is 0. The van der Waals surface area contributed by atoms with Crippen LogP contribution in [0.2, 0.25) is 0 Å². The third kappa shape index (κ3) is 21.6. The molecule has 0 aromatic carbocycles. The minimum Gasteiger partial charge on any atom is -0.548 e. The van der Waals surface area contributed by atoms with E-state index in [-0.39, 0.29) is 75.8 Å². The summed E-state index contributed by atoms with van der Waals surface area (Å²) in [6, 6.07) is -2.34. The van der Waals surface area contributed by atoms with Gasteiger partial charge in [-0.05, 0) is 12.8 Å². The smallest absolute Gasteiger partial charge is 0.548 e. The van der Waals surface area contributed by atoms with E-state index in [0.717, 1.165) is 0 Å². The molecule has 0 bridgehead atoms. The molecule has 0 spiro atoms. The van der Waals surface area contributed by atoms with Gasteiger partial charge in [0.05, 0.1) is 11.9 Å². The number of carbonyl (C=O) groups is 4. The van der Waals surface area contributed by atoms with Gasteiger partial charge in [-0.3, -0.25) is 9.59 Å². The van der Waals surface area contributed by atoms with E-state index < -0.39 is 36.0 Å². The molecule has 124 valence electrons. The Labute approximate surface area is 162 Å². The van der Waals surface area contributed by atoms with E-state index in [4.69, 9.17) is 21.7 Å². The quantitative estimate of drug-likeness (QED) is 0.304. The van der Waals surface area contributed by atoms with Gasteiger partial charge in [-0.2, -0.15) is 0 Å². The van der Waals surface area contributed by atoms with Crippen LogP contribution in [-0.4, -0.2) is 83.9 Å². The van der Waals surface area contributed by atoms with Gasteiger partial charge < -0.3 is 41.5 Å². The van der Waals surface area contributed by atoms with Gasteiger partial charge in [-0.15, -0.1) is 12.4 Å². The van der Waals surface area contributed by atoms with Crippen LogP contribution in [0.15, 0.2) is 0 Å². The predicted molar refractivity (Wildman–Crippen MR) is 72.7 cm³/mol. The molecule has 0 saturated carbocycles. The zero-order valence-electron chi connectivity index (χ0n) is 11.6. The van der Waals surface area contributed by atoms with Gasteiger partial charge >= 0.3 is 49.7 Å². The Morgan fingerprint density at radius 3 is 1.18 bits per heavy atom. The third-order valence-corrected chi connectivity index (χ3v) is 1.94. The number of hydrogen-bond donors (Lipinski definition) is 4. The minimum atomic E-state index is -1.42. The molecule has 0 fully saturated rings. The van der Waals surface area contributed by atoms with Gasteiger partial charge in [0, 0.05) is 24.9 Å². The third-order valence-electron chi connectivity index (χ3n) is 1.94. The van der Waals surface area contributed by atoms with Gasteiger partial charge in [0.15, 0.2) is 0 Å². The zero-order valence-corrected chi connectivity index (χ0v) is 14.6. The molecule has 0 aliphatic carbocycles. The number of carbonyl (C=O) groups excluding carboxylic acids is 2. The fourth-order valence-electron chi connectivity index (χ4n) is 0.794. The van der Waals surface area contributed by atoms with Crippen molar-refractivity contribution in [3.8, 4) is 0 Å². The number of halogens is 1. The maximum atomic E-state index is 9.88. The molecule has 0 amide bonds. The molecule has 6 N–H and O–H groups in total. The Balaban J connectivity index is -0.000000135. The summed E-state index contributed by atoms with van der Waals surface area (Å²) in [6.45, 7) is 0. The van der Waals surface area contributed by atoms with Crippen molar-refractivity contribution in [2.24, 2.45) is 11.5 Å². The second kappa shape index (κ2) is 16.7. The van der Waals surface area contributed by atoms with E-state index in [1.54, 1.807) is 0 Å². The first-order valence-electron chi connectivity index (χ1n) is 5.44. The fraction of sp³-hybridized carbons (Fsp3) is 0.600. The van der Waals surface area contributed by atoms with Crippen LogP contribution in [0.4, 0.5) is 0 Å². The first kappa shape index (κ1) is 29.4. The van der Waals surface area contributed by atoms with Gasteiger partial charge in [0.25, 0.3) is 0 Å². The molecule has 0 rings (SSSR count). The Kier molecular flexibility index (Phi) is 22.3. The van der Waals surface area contributed by atoms with Crippen molar-refractivity contribution in [1.29, 1.82) is 0 Å². The molecule has 0 radical (unpaired) electrons. The van der Waals surface area contributed by atoms with Crippen molar-refractivity contribution < 1.29 is 39.6 Å². The van der Waals surface area contributed by atoms with Crippen LogP contribution in [0.25, 0.3) is 0 Å². The second-order valence-corrected chi connectivity index (χ2v) is 3.72. The molecule has 0 unspecified atom stereocenters.